The number of fused-ring (bicyclic) bond motifs is 1. The zero-order chi connectivity index (χ0) is 20.4. The SMILES string of the molecule is CCSc1nc2c(c(=O)[nH]1)C(c1ccc([N+](=O)[O-])cc1)C(C(=O)OC)=C(C)N2. The molecule has 0 aliphatic carbocycles. The molecule has 9 nitrogen and oxygen atoms in total. The van der Waals surface area contributed by atoms with Gasteiger partial charge in [-0.3, -0.25) is 14.9 Å². The number of hydrogen-bond donors (Lipinski definition) is 2. The van der Waals surface area contributed by atoms with E-state index in [0.29, 0.717) is 22.2 Å². The summed E-state index contributed by atoms with van der Waals surface area (Å²) in [7, 11) is 1.26. The number of esters is 1. The minimum Gasteiger partial charge on any atom is -0.466 e. The number of carbonyl (C=O) groups is 1. The molecular formula is C18H18N4O5S. The number of nitrogens with one attached hydrogen (secondary N) is 2. The summed E-state index contributed by atoms with van der Waals surface area (Å²) < 4.78 is 4.91. The van der Waals surface area contributed by atoms with Crippen LogP contribution in [0.2, 0.25) is 0 Å². The summed E-state index contributed by atoms with van der Waals surface area (Å²) in [6, 6.07) is 5.74. The molecule has 0 amide bonds. The summed E-state index contributed by atoms with van der Waals surface area (Å²) in [5.74, 6) is -0.268. The first-order valence-electron chi connectivity index (χ1n) is 8.44. The number of non-ortho nitro benzene ring substituents is 1. The molecule has 0 saturated heterocycles. The number of aromatic amines is 1. The first-order valence-corrected chi connectivity index (χ1v) is 9.43. The number of rotatable bonds is 5. The average molecular weight is 402 g/mol. The van der Waals surface area contributed by atoms with Crippen LogP contribution >= 0.6 is 11.8 Å². The second kappa shape index (κ2) is 7.85. The molecule has 0 spiro atoms. The van der Waals surface area contributed by atoms with Crippen molar-refractivity contribution in [2.24, 2.45) is 0 Å². The number of allylic oxidation sites excluding steroid dienone is 1. The van der Waals surface area contributed by atoms with Crippen LogP contribution in [-0.2, 0) is 9.53 Å². The number of anilines is 1. The van der Waals surface area contributed by atoms with Crippen LogP contribution in [0.3, 0.4) is 0 Å². The van der Waals surface area contributed by atoms with Crippen LogP contribution in [0.5, 0.6) is 0 Å². The second-order valence-electron chi connectivity index (χ2n) is 6.00. The highest BCUT2D eigenvalue weighted by molar-refractivity contribution is 7.99. The molecular weight excluding hydrogens is 384 g/mol. The molecule has 0 saturated carbocycles. The number of benzene rings is 1. The van der Waals surface area contributed by atoms with E-state index in [1.165, 1.54) is 43.1 Å². The molecule has 3 rings (SSSR count). The van der Waals surface area contributed by atoms with Gasteiger partial charge in [0.15, 0.2) is 5.16 Å². The van der Waals surface area contributed by atoms with E-state index < -0.39 is 16.8 Å². The number of thioether (sulfide) groups is 1. The normalized spacial score (nSPS) is 15.6. The fourth-order valence-corrected chi connectivity index (χ4v) is 3.73. The molecule has 10 heteroatoms. The molecule has 28 heavy (non-hydrogen) atoms. The highest BCUT2D eigenvalue weighted by Gasteiger charge is 2.36. The number of carbonyl (C=O) groups excluding carboxylic acids is 1. The van der Waals surface area contributed by atoms with Gasteiger partial charge in [0.2, 0.25) is 0 Å². The highest BCUT2D eigenvalue weighted by Crippen LogP contribution is 2.40. The summed E-state index contributed by atoms with van der Waals surface area (Å²) in [4.78, 5) is 42.9. The number of nitro benzene ring substituents is 1. The van der Waals surface area contributed by atoms with E-state index in [0.717, 1.165) is 5.75 Å². The monoisotopic (exact) mass is 402 g/mol. The van der Waals surface area contributed by atoms with Gasteiger partial charge in [-0.05, 0) is 18.2 Å². The van der Waals surface area contributed by atoms with E-state index in [-0.39, 0.29) is 22.4 Å². The van der Waals surface area contributed by atoms with Crippen molar-refractivity contribution in [3.63, 3.8) is 0 Å². The van der Waals surface area contributed by atoms with Gasteiger partial charge >= 0.3 is 5.97 Å². The third kappa shape index (κ3) is 3.50. The Balaban J connectivity index is 2.22. The van der Waals surface area contributed by atoms with Crippen molar-refractivity contribution >= 4 is 29.2 Å². The molecule has 146 valence electrons. The lowest BCUT2D eigenvalue weighted by Crippen LogP contribution is -2.31. The quantitative estimate of drug-likeness (QED) is 0.257. The fourth-order valence-electron chi connectivity index (χ4n) is 3.14. The van der Waals surface area contributed by atoms with Crippen LogP contribution in [0.1, 0.15) is 30.9 Å². The maximum Gasteiger partial charge on any atom is 0.336 e. The number of hydrogen-bond acceptors (Lipinski definition) is 8. The maximum atomic E-state index is 12.8. The molecule has 0 bridgehead atoms. The van der Waals surface area contributed by atoms with Gasteiger partial charge in [-0.15, -0.1) is 0 Å². The summed E-state index contributed by atoms with van der Waals surface area (Å²) in [5, 5.41) is 14.4. The van der Waals surface area contributed by atoms with Crippen molar-refractivity contribution in [1.82, 2.24) is 9.97 Å². The Hall–Kier alpha value is -3.14. The Morgan fingerprint density at radius 2 is 2.04 bits per heavy atom. The lowest BCUT2D eigenvalue weighted by atomic mass is 9.82. The Morgan fingerprint density at radius 1 is 1.36 bits per heavy atom. The third-order valence-corrected chi connectivity index (χ3v) is 5.10. The van der Waals surface area contributed by atoms with Crippen LogP contribution in [0.4, 0.5) is 11.5 Å². The van der Waals surface area contributed by atoms with Gasteiger partial charge in [0.25, 0.3) is 11.2 Å². The maximum absolute atomic E-state index is 12.8. The average Bonchev–Trinajstić information content (AvgIpc) is 2.66. The summed E-state index contributed by atoms with van der Waals surface area (Å²) in [5.41, 5.74) is 1.11. The Labute approximate surface area is 164 Å². The van der Waals surface area contributed by atoms with Gasteiger partial charge in [0, 0.05) is 17.8 Å². The molecule has 1 aliphatic heterocycles. The second-order valence-corrected chi connectivity index (χ2v) is 7.26. The fraction of sp³-hybridized carbons (Fsp3) is 0.278. The first-order chi connectivity index (χ1) is 13.4. The van der Waals surface area contributed by atoms with Crippen molar-refractivity contribution in [2.45, 2.75) is 24.9 Å². The number of nitro groups is 1. The van der Waals surface area contributed by atoms with Gasteiger partial charge in [0.1, 0.15) is 5.82 Å². The molecule has 0 fully saturated rings. The summed E-state index contributed by atoms with van der Waals surface area (Å²) in [6.07, 6.45) is 0. The zero-order valence-electron chi connectivity index (χ0n) is 15.4. The third-order valence-electron chi connectivity index (χ3n) is 4.34. The van der Waals surface area contributed by atoms with Crippen molar-refractivity contribution in [1.29, 1.82) is 0 Å². The van der Waals surface area contributed by atoms with Gasteiger partial charge in [0.05, 0.1) is 29.1 Å². The Bertz CT molecular complexity index is 1030. The predicted octanol–water partition coefficient (Wildman–Crippen LogP) is 2.79. The smallest absolute Gasteiger partial charge is 0.336 e. The number of nitrogens with zero attached hydrogens (tertiary/aromatic N) is 2. The number of ether oxygens (including phenoxy) is 1. The van der Waals surface area contributed by atoms with Crippen LogP contribution in [0.15, 0.2) is 45.5 Å². The lowest BCUT2D eigenvalue weighted by Gasteiger charge is -2.28. The molecule has 2 aromatic rings. The van der Waals surface area contributed by atoms with Crippen LogP contribution < -0.4 is 10.9 Å². The lowest BCUT2D eigenvalue weighted by molar-refractivity contribution is -0.384. The molecule has 1 aromatic carbocycles. The van der Waals surface area contributed by atoms with Crippen LogP contribution in [0, 0.1) is 10.1 Å². The van der Waals surface area contributed by atoms with E-state index in [9.17, 15) is 19.7 Å². The van der Waals surface area contributed by atoms with E-state index in [1.54, 1.807) is 6.92 Å². The summed E-state index contributed by atoms with van der Waals surface area (Å²) in [6.45, 7) is 3.64. The van der Waals surface area contributed by atoms with E-state index in [4.69, 9.17) is 4.74 Å². The molecule has 2 heterocycles. The zero-order valence-corrected chi connectivity index (χ0v) is 16.3. The van der Waals surface area contributed by atoms with Crippen molar-refractivity contribution in [2.75, 3.05) is 18.2 Å². The van der Waals surface area contributed by atoms with Gasteiger partial charge < -0.3 is 15.0 Å². The molecule has 0 radical (unpaired) electrons. The number of H-pyrrole nitrogens is 1. The largest absolute Gasteiger partial charge is 0.466 e. The minimum atomic E-state index is -0.763. The van der Waals surface area contributed by atoms with Crippen molar-refractivity contribution in [3.05, 3.63) is 67.1 Å². The van der Waals surface area contributed by atoms with E-state index in [1.807, 2.05) is 6.92 Å². The topological polar surface area (TPSA) is 127 Å². The first kappa shape index (κ1) is 19.6. The van der Waals surface area contributed by atoms with Crippen LogP contribution in [0.25, 0.3) is 0 Å². The minimum absolute atomic E-state index is 0.0834. The Kier molecular flexibility index (Phi) is 5.50. The van der Waals surface area contributed by atoms with Gasteiger partial charge in [-0.2, -0.15) is 0 Å². The predicted molar refractivity (Wildman–Crippen MR) is 105 cm³/mol. The molecule has 1 atom stereocenters. The number of methoxy groups -OCH3 is 1. The molecule has 1 unspecified atom stereocenters. The standard InChI is InChI=1S/C18H18N4O5S/c1-4-28-18-20-15-14(16(23)21-18)13(12(9(2)19-15)17(24)27-3)10-5-7-11(8-6-10)22(25)26/h5-8,13H,4H2,1-3H3,(H2,19,20,21,23). The van der Waals surface area contributed by atoms with Gasteiger partial charge in [-0.25, -0.2) is 9.78 Å². The van der Waals surface area contributed by atoms with Gasteiger partial charge in [-0.1, -0.05) is 30.8 Å². The molecule has 1 aromatic heterocycles. The number of aromatic nitrogens is 2. The van der Waals surface area contributed by atoms with Crippen molar-refractivity contribution in [3.8, 4) is 0 Å². The van der Waals surface area contributed by atoms with Crippen LogP contribution in [-0.4, -0.2) is 33.7 Å². The molecule has 1 aliphatic rings. The Morgan fingerprint density at radius 3 is 2.61 bits per heavy atom. The molecule has 2 N–H and O–H groups in total. The van der Waals surface area contributed by atoms with Crippen molar-refractivity contribution < 1.29 is 14.5 Å². The van der Waals surface area contributed by atoms with E-state index >= 15 is 0 Å². The summed E-state index contributed by atoms with van der Waals surface area (Å²) >= 11 is 1.39. The van der Waals surface area contributed by atoms with E-state index in [2.05, 4.69) is 15.3 Å². The highest BCUT2D eigenvalue weighted by atomic mass is 32.2.